The van der Waals surface area contributed by atoms with Crippen molar-refractivity contribution in [2.45, 2.75) is 19.8 Å². The minimum absolute atomic E-state index is 0.0391. The van der Waals surface area contributed by atoms with Crippen molar-refractivity contribution in [1.82, 2.24) is 14.8 Å². The van der Waals surface area contributed by atoms with Crippen LogP contribution in [-0.4, -0.2) is 60.5 Å². The lowest BCUT2D eigenvalue weighted by Gasteiger charge is -2.32. The molecule has 0 radical (unpaired) electrons. The van der Waals surface area contributed by atoms with Gasteiger partial charge in [-0.05, 0) is 25.6 Å². The summed E-state index contributed by atoms with van der Waals surface area (Å²) in [5, 5.41) is 3.33. The SMILES string of the molecule is CCCCNc1ccnc(C(=O)N2CCN(C)CC2)c1. The van der Waals surface area contributed by atoms with Gasteiger partial charge in [0.15, 0.2) is 0 Å². The zero-order valence-electron chi connectivity index (χ0n) is 12.4. The predicted molar refractivity (Wildman–Crippen MR) is 81.0 cm³/mol. The third kappa shape index (κ3) is 3.93. The number of hydrogen-bond acceptors (Lipinski definition) is 4. The maximum atomic E-state index is 12.4. The van der Waals surface area contributed by atoms with E-state index in [1.165, 1.54) is 0 Å². The minimum atomic E-state index is 0.0391. The molecule has 0 bridgehead atoms. The van der Waals surface area contributed by atoms with E-state index in [9.17, 15) is 4.79 Å². The Kier molecular flexibility index (Phi) is 5.35. The first-order chi connectivity index (χ1) is 9.70. The number of piperazine rings is 1. The monoisotopic (exact) mass is 276 g/mol. The lowest BCUT2D eigenvalue weighted by molar-refractivity contribution is 0.0658. The minimum Gasteiger partial charge on any atom is -0.385 e. The van der Waals surface area contributed by atoms with Gasteiger partial charge in [0.25, 0.3) is 5.91 Å². The fourth-order valence-electron chi connectivity index (χ4n) is 2.24. The van der Waals surface area contributed by atoms with Gasteiger partial charge >= 0.3 is 0 Å². The van der Waals surface area contributed by atoms with Gasteiger partial charge < -0.3 is 15.1 Å². The molecule has 0 spiro atoms. The summed E-state index contributed by atoms with van der Waals surface area (Å²) in [7, 11) is 2.08. The molecule has 1 saturated heterocycles. The smallest absolute Gasteiger partial charge is 0.272 e. The van der Waals surface area contributed by atoms with Gasteiger partial charge in [-0.15, -0.1) is 0 Å². The number of anilines is 1. The van der Waals surface area contributed by atoms with Crippen molar-refractivity contribution in [3.8, 4) is 0 Å². The first-order valence-electron chi connectivity index (χ1n) is 7.38. The molecule has 20 heavy (non-hydrogen) atoms. The average Bonchev–Trinajstić information content (AvgIpc) is 2.48. The number of rotatable bonds is 5. The van der Waals surface area contributed by atoms with Crippen LogP contribution >= 0.6 is 0 Å². The van der Waals surface area contributed by atoms with Crippen LogP contribution in [-0.2, 0) is 0 Å². The molecule has 1 aliphatic heterocycles. The third-order valence-electron chi connectivity index (χ3n) is 3.63. The molecule has 5 nitrogen and oxygen atoms in total. The topological polar surface area (TPSA) is 48.5 Å². The van der Waals surface area contributed by atoms with Crippen molar-refractivity contribution in [3.63, 3.8) is 0 Å². The van der Waals surface area contributed by atoms with E-state index in [1.807, 2.05) is 17.0 Å². The van der Waals surface area contributed by atoms with Gasteiger partial charge in [0, 0.05) is 44.6 Å². The Balaban J connectivity index is 1.97. The van der Waals surface area contributed by atoms with Crippen LogP contribution in [0.15, 0.2) is 18.3 Å². The van der Waals surface area contributed by atoms with E-state index in [-0.39, 0.29) is 5.91 Å². The maximum absolute atomic E-state index is 12.4. The fourth-order valence-corrected chi connectivity index (χ4v) is 2.24. The van der Waals surface area contributed by atoms with E-state index >= 15 is 0 Å². The van der Waals surface area contributed by atoms with Gasteiger partial charge in [0.2, 0.25) is 0 Å². The Labute approximate surface area is 121 Å². The molecule has 0 aromatic carbocycles. The number of carbonyl (C=O) groups excluding carboxylic acids is 1. The molecule has 1 fully saturated rings. The lowest BCUT2D eigenvalue weighted by Crippen LogP contribution is -2.47. The van der Waals surface area contributed by atoms with Crippen molar-refractivity contribution >= 4 is 11.6 Å². The van der Waals surface area contributed by atoms with E-state index in [2.05, 4.69) is 29.2 Å². The Morgan fingerprint density at radius 1 is 1.35 bits per heavy atom. The van der Waals surface area contributed by atoms with Crippen LogP contribution in [0, 0.1) is 0 Å². The normalized spacial score (nSPS) is 16.2. The molecular weight excluding hydrogens is 252 g/mol. The summed E-state index contributed by atoms with van der Waals surface area (Å²) in [6.07, 6.45) is 3.99. The van der Waals surface area contributed by atoms with Crippen LogP contribution < -0.4 is 5.32 Å². The molecule has 1 aromatic heterocycles. The predicted octanol–water partition coefficient (Wildman–Crippen LogP) is 1.68. The Hall–Kier alpha value is -1.62. The molecule has 2 rings (SSSR count). The van der Waals surface area contributed by atoms with Crippen LogP contribution in [0.3, 0.4) is 0 Å². The van der Waals surface area contributed by atoms with Gasteiger partial charge in [0.1, 0.15) is 5.69 Å². The molecule has 5 heteroatoms. The van der Waals surface area contributed by atoms with Gasteiger partial charge in [0.05, 0.1) is 0 Å². The van der Waals surface area contributed by atoms with Crippen molar-refractivity contribution in [2.75, 3.05) is 45.1 Å². The molecule has 1 N–H and O–H groups in total. The second kappa shape index (κ2) is 7.24. The van der Waals surface area contributed by atoms with Crippen molar-refractivity contribution in [1.29, 1.82) is 0 Å². The molecule has 0 aliphatic carbocycles. The van der Waals surface area contributed by atoms with Crippen LogP contribution in [0.5, 0.6) is 0 Å². The second-order valence-corrected chi connectivity index (χ2v) is 5.31. The number of aromatic nitrogens is 1. The van der Waals surface area contributed by atoms with Crippen LogP contribution in [0.2, 0.25) is 0 Å². The Bertz CT molecular complexity index is 441. The lowest BCUT2D eigenvalue weighted by atomic mass is 10.2. The first kappa shape index (κ1) is 14.8. The molecule has 110 valence electrons. The van der Waals surface area contributed by atoms with Crippen molar-refractivity contribution in [3.05, 3.63) is 24.0 Å². The summed E-state index contributed by atoms with van der Waals surface area (Å²) in [6.45, 7) is 6.52. The fraction of sp³-hybridized carbons (Fsp3) is 0.600. The number of nitrogens with zero attached hydrogens (tertiary/aromatic N) is 3. The van der Waals surface area contributed by atoms with Crippen LogP contribution in [0.25, 0.3) is 0 Å². The highest BCUT2D eigenvalue weighted by molar-refractivity contribution is 5.93. The van der Waals surface area contributed by atoms with Gasteiger partial charge in [-0.1, -0.05) is 13.3 Å². The molecule has 1 aliphatic rings. The number of unbranched alkanes of at least 4 members (excludes halogenated alkanes) is 1. The highest BCUT2D eigenvalue weighted by Crippen LogP contribution is 2.11. The van der Waals surface area contributed by atoms with Crippen LogP contribution in [0.4, 0.5) is 5.69 Å². The standard InChI is InChI=1S/C15H24N4O/c1-3-4-6-16-13-5-7-17-14(12-13)15(20)19-10-8-18(2)9-11-19/h5,7,12H,3-4,6,8-11H2,1-2H3,(H,16,17). The molecule has 1 aromatic rings. The van der Waals surface area contributed by atoms with Gasteiger partial charge in [-0.25, -0.2) is 0 Å². The molecule has 0 saturated carbocycles. The summed E-state index contributed by atoms with van der Waals surface area (Å²) in [4.78, 5) is 20.7. The number of nitrogens with one attached hydrogen (secondary N) is 1. The molecule has 2 heterocycles. The molecule has 0 atom stereocenters. The van der Waals surface area contributed by atoms with E-state index in [0.717, 1.165) is 51.3 Å². The summed E-state index contributed by atoms with van der Waals surface area (Å²) in [5.74, 6) is 0.0391. The number of amides is 1. The number of likely N-dealkylation sites (N-methyl/N-ethyl adjacent to an activating group) is 1. The number of pyridine rings is 1. The van der Waals surface area contributed by atoms with E-state index < -0.39 is 0 Å². The van der Waals surface area contributed by atoms with E-state index in [4.69, 9.17) is 0 Å². The molecule has 1 amide bonds. The Morgan fingerprint density at radius 3 is 2.80 bits per heavy atom. The van der Waals surface area contributed by atoms with Gasteiger partial charge in [-0.2, -0.15) is 0 Å². The summed E-state index contributed by atoms with van der Waals surface area (Å²) >= 11 is 0. The highest BCUT2D eigenvalue weighted by atomic mass is 16.2. The zero-order valence-corrected chi connectivity index (χ0v) is 12.4. The van der Waals surface area contributed by atoms with Crippen molar-refractivity contribution in [2.24, 2.45) is 0 Å². The van der Waals surface area contributed by atoms with Crippen molar-refractivity contribution < 1.29 is 4.79 Å². The van der Waals surface area contributed by atoms with Gasteiger partial charge in [-0.3, -0.25) is 9.78 Å². The van der Waals surface area contributed by atoms with E-state index in [0.29, 0.717) is 5.69 Å². The summed E-state index contributed by atoms with van der Waals surface area (Å²) in [6, 6.07) is 3.77. The molecular formula is C15H24N4O. The quantitative estimate of drug-likeness (QED) is 0.831. The maximum Gasteiger partial charge on any atom is 0.272 e. The summed E-state index contributed by atoms with van der Waals surface area (Å²) < 4.78 is 0. The average molecular weight is 276 g/mol. The number of hydrogen-bond donors (Lipinski definition) is 1. The third-order valence-corrected chi connectivity index (χ3v) is 3.63. The number of carbonyl (C=O) groups is 1. The largest absolute Gasteiger partial charge is 0.385 e. The summed E-state index contributed by atoms with van der Waals surface area (Å²) in [5.41, 5.74) is 1.52. The Morgan fingerprint density at radius 2 is 2.10 bits per heavy atom. The van der Waals surface area contributed by atoms with E-state index in [1.54, 1.807) is 6.20 Å². The second-order valence-electron chi connectivity index (χ2n) is 5.31. The molecule has 0 unspecified atom stereocenters. The zero-order chi connectivity index (χ0) is 14.4. The van der Waals surface area contributed by atoms with Crippen LogP contribution in [0.1, 0.15) is 30.3 Å². The highest BCUT2D eigenvalue weighted by Gasteiger charge is 2.21. The first-order valence-corrected chi connectivity index (χ1v) is 7.38.